The first-order valence-corrected chi connectivity index (χ1v) is 4.63. The monoisotopic (exact) mass is 220 g/mol. The fourth-order valence-electron chi connectivity index (χ4n) is 1.48. The first-order chi connectivity index (χ1) is 7.76. The lowest BCUT2D eigenvalue weighted by atomic mass is 10.1. The highest BCUT2D eigenvalue weighted by Gasteiger charge is 2.10. The molecule has 16 heavy (non-hydrogen) atoms. The molecular formula is C12H9FO3. The van der Waals surface area contributed by atoms with E-state index in [1.807, 2.05) is 0 Å². The molecule has 2 aromatic rings. The lowest BCUT2D eigenvalue weighted by Gasteiger charge is -2.03. The number of hydrogen-bond acceptors (Lipinski definition) is 3. The van der Waals surface area contributed by atoms with Gasteiger partial charge in [-0.3, -0.25) is 4.79 Å². The lowest BCUT2D eigenvalue weighted by molar-refractivity contribution is 0.110. The molecule has 1 heterocycles. The number of furan rings is 1. The predicted octanol–water partition coefficient (Wildman–Crippen LogP) is 2.91. The van der Waals surface area contributed by atoms with Crippen molar-refractivity contribution in [1.29, 1.82) is 0 Å². The van der Waals surface area contributed by atoms with Crippen molar-refractivity contribution in [3.8, 4) is 16.9 Å². The number of benzene rings is 1. The van der Waals surface area contributed by atoms with Crippen LogP contribution in [0.25, 0.3) is 11.1 Å². The van der Waals surface area contributed by atoms with Crippen LogP contribution in [-0.2, 0) is 0 Å². The Labute approximate surface area is 91.5 Å². The molecule has 2 rings (SSSR count). The Kier molecular flexibility index (Phi) is 2.72. The third kappa shape index (κ3) is 1.69. The van der Waals surface area contributed by atoms with Crippen LogP contribution >= 0.6 is 0 Å². The largest absolute Gasteiger partial charge is 0.494 e. The van der Waals surface area contributed by atoms with Crippen LogP contribution in [0.5, 0.6) is 5.75 Å². The lowest BCUT2D eigenvalue weighted by Crippen LogP contribution is -1.89. The van der Waals surface area contributed by atoms with Crippen LogP contribution in [0.1, 0.15) is 10.6 Å². The van der Waals surface area contributed by atoms with E-state index in [0.29, 0.717) is 17.4 Å². The summed E-state index contributed by atoms with van der Waals surface area (Å²) in [6.07, 6.45) is 1.98. The normalized spacial score (nSPS) is 10.1. The smallest absolute Gasteiger partial charge is 0.185 e. The van der Waals surface area contributed by atoms with Crippen LogP contribution in [-0.4, -0.2) is 13.4 Å². The maximum absolute atomic E-state index is 13.4. The highest BCUT2D eigenvalue weighted by Crippen LogP contribution is 2.27. The second-order valence-corrected chi connectivity index (χ2v) is 3.17. The third-order valence-electron chi connectivity index (χ3n) is 2.27. The summed E-state index contributed by atoms with van der Waals surface area (Å²) < 4.78 is 23.2. The molecule has 0 bridgehead atoms. The quantitative estimate of drug-likeness (QED) is 0.746. The van der Waals surface area contributed by atoms with Crippen molar-refractivity contribution >= 4 is 6.29 Å². The van der Waals surface area contributed by atoms with E-state index < -0.39 is 5.82 Å². The van der Waals surface area contributed by atoms with Gasteiger partial charge in [0.05, 0.1) is 13.4 Å². The molecule has 4 heteroatoms. The van der Waals surface area contributed by atoms with Gasteiger partial charge in [0, 0.05) is 5.56 Å². The zero-order valence-corrected chi connectivity index (χ0v) is 8.57. The van der Waals surface area contributed by atoms with Crippen LogP contribution in [0.2, 0.25) is 0 Å². The molecule has 0 spiro atoms. The number of hydrogen-bond donors (Lipinski definition) is 0. The first kappa shape index (κ1) is 10.4. The number of ether oxygens (including phenoxy) is 1. The molecule has 1 aromatic heterocycles. The van der Waals surface area contributed by atoms with Gasteiger partial charge in [-0.2, -0.15) is 0 Å². The average molecular weight is 220 g/mol. The van der Waals surface area contributed by atoms with E-state index >= 15 is 0 Å². The van der Waals surface area contributed by atoms with Crippen molar-refractivity contribution < 1.29 is 18.3 Å². The molecule has 1 aromatic carbocycles. The van der Waals surface area contributed by atoms with Crippen LogP contribution in [0, 0.1) is 5.82 Å². The predicted molar refractivity (Wildman–Crippen MR) is 56.0 cm³/mol. The van der Waals surface area contributed by atoms with E-state index in [1.54, 1.807) is 12.1 Å². The van der Waals surface area contributed by atoms with Crippen LogP contribution in [0.4, 0.5) is 4.39 Å². The number of aldehydes is 1. The number of carbonyl (C=O) groups excluding carboxylic acids is 1. The summed E-state index contributed by atoms with van der Waals surface area (Å²) in [5.41, 5.74) is 1.14. The molecule has 0 unspecified atom stereocenters. The zero-order chi connectivity index (χ0) is 11.5. The molecule has 3 nitrogen and oxygen atoms in total. The van der Waals surface area contributed by atoms with Gasteiger partial charge in [0.15, 0.2) is 23.6 Å². The Bertz CT molecular complexity index is 517. The zero-order valence-electron chi connectivity index (χ0n) is 8.57. The van der Waals surface area contributed by atoms with Crippen molar-refractivity contribution in [1.82, 2.24) is 0 Å². The summed E-state index contributed by atoms with van der Waals surface area (Å²) in [5, 5.41) is 0. The Morgan fingerprint density at radius 1 is 1.38 bits per heavy atom. The van der Waals surface area contributed by atoms with Gasteiger partial charge in [-0.15, -0.1) is 0 Å². The van der Waals surface area contributed by atoms with Gasteiger partial charge in [0.1, 0.15) is 0 Å². The van der Waals surface area contributed by atoms with E-state index in [4.69, 9.17) is 9.15 Å². The molecule has 0 atom stereocenters. The highest BCUT2D eigenvalue weighted by molar-refractivity contribution is 5.84. The third-order valence-corrected chi connectivity index (χ3v) is 2.27. The SMILES string of the molecule is COc1ccc(-c2ccoc2C=O)cc1F. The molecular weight excluding hydrogens is 211 g/mol. The summed E-state index contributed by atoms with van der Waals surface area (Å²) in [6.45, 7) is 0. The van der Waals surface area contributed by atoms with Crippen LogP contribution in [0.15, 0.2) is 34.9 Å². The van der Waals surface area contributed by atoms with Crippen LogP contribution in [0.3, 0.4) is 0 Å². The molecule has 0 aliphatic heterocycles. The molecule has 0 aliphatic rings. The fourth-order valence-corrected chi connectivity index (χ4v) is 1.48. The van der Waals surface area contributed by atoms with Crippen molar-refractivity contribution in [2.75, 3.05) is 7.11 Å². The number of methoxy groups -OCH3 is 1. The topological polar surface area (TPSA) is 39.4 Å². The second-order valence-electron chi connectivity index (χ2n) is 3.17. The van der Waals surface area contributed by atoms with E-state index in [2.05, 4.69) is 0 Å². The summed E-state index contributed by atoms with van der Waals surface area (Å²) >= 11 is 0. The second kappa shape index (κ2) is 4.18. The van der Waals surface area contributed by atoms with E-state index in [1.165, 1.54) is 25.5 Å². The summed E-state index contributed by atoms with van der Waals surface area (Å²) in [6, 6.07) is 6.09. The Hall–Kier alpha value is -2.10. The molecule has 0 aliphatic carbocycles. The number of rotatable bonds is 3. The van der Waals surface area contributed by atoms with Gasteiger partial charge in [0.25, 0.3) is 0 Å². The average Bonchev–Trinajstić information content (AvgIpc) is 2.77. The fraction of sp³-hybridized carbons (Fsp3) is 0.0833. The van der Waals surface area contributed by atoms with Crippen molar-refractivity contribution in [3.05, 3.63) is 42.1 Å². The van der Waals surface area contributed by atoms with Crippen molar-refractivity contribution in [3.63, 3.8) is 0 Å². The minimum atomic E-state index is -0.474. The maximum atomic E-state index is 13.4. The molecule has 82 valence electrons. The molecule has 0 N–H and O–H groups in total. The summed E-state index contributed by atoms with van der Waals surface area (Å²) in [7, 11) is 1.40. The van der Waals surface area contributed by atoms with Gasteiger partial charge in [-0.05, 0) is 23.8 Å². The van der Waals surface area contributed by atoms with Crippen molar-refractivity contribution in [2.45, 2.75) is 0 Å². The van der Waals surface area contributed by atoms with Gasteiger partial charge < -0.3 is 9.15 Å². The Morgan fingerprint density at radius 2 is 2.19 bits per heavy atom. The first-order valence-electron chi connectivity index (χ1n) is 4.63. The molecule has 0 amide bonds. The Balaban J connectivity index is 2.49. The van der Waals surface area contributed by atoms with Gasteiger partial charge >= 0.3 is 0 Å². The molecule has 0 radical (unpaired) electrons. The standard InChI is InChI=1S/C12H9FO3/c1-15-11-3-2-8(6-10(11)13)9-4-5-16-12(9)7-14/h2-7H,1H3. The van der Waals surface area contributed by atoms with E-state index in [9.17, 15) is 9.18 Å². The van der Waals surface area contributed by atoms with Gasteiger partial charge in [-0.1, -0.05) is 6.07 Å². The Morgan fingerprint density at radius 3 is 2.81 bits per heavy atom. The summed E-state index contributed by atoms with van der Waals surface area (Å²) in [4.78, 5) is 10.7. The van der Waals surface area contributed by atoms with Crippen LogP contribution < -0.4 is 4.74 Å². The molecule has 0 fully saturated rings. The number of halogens is 1. The minimum Gasteiger partial charge on any atom is -0.494 e. The minimum absolute atomic E-state index is 0.167. The molecule has 0 saturated carbocycles. The van der Waals surface area contributed by atoms with Gasteiger partial charge in [0.2, 0.25) is 0 Å². The summed E-state index contributed by atoms with van der Waals surface area (Å²) in [5.74, 6) is -0.123. The van der Waals surface area contributed by atoms with Gasteiger partial charge in [-0.25, -0.2) is 4.39 Å². The van der Waals surface area contributed by atoms with E-state index in [0.717, 1.165) is 0 Å². The maximum Gasteiger partial charge on any atom is 0.185 e. The number of carbonyl (C=O) groups is 1. The molecule has 0 saturated heterocycles. The van der Waals surface area contributed by atoms with E-state index in [-0.39, 0.29) is 11.5 Å². The highest BCUT2D eigenvalue weighted by atomic mass is 19.1. The van der Waals surface area contributed by atoms with Crippen molar-refractivity contribution in [2.24, 2.45) is 0 Å².